The number of hydrogen-bond donors (Lipinski definition) is 1. The molecule has 2 unspecified atom stereocenters. The number of aliphatic hydroxyl groups is 1. The van der Waals surface area contributed by atoms with Gasteiger partial charge in [-0.05, 0) is 13.3 Å². The second-order valence-corrected chi connectivity index (χ2v) is 3.05. The Balaban J connectivity index is 3.93. The first-order valence-corrected chi connectivity index (χ1v) is 4.27. The topological polar surface area (TPSA) is 29.5 Å². The summed E-state index contributed by atoms with van der Waals surface area (Å²) in [5.41, 5.74) is 0. The molecule has 0 bridgehead atoms. The summed E-state index contributed by atoms with van der Waals surface area (Å²) in [5.74, 6) is -4.15. The largest absolute Gasteiger partial charge is 0.390 e. The molecule has 2 atom stereocenters. The number of alkyl halides is 4. The highest BCUT2D eigenvalue weighted by molar-refractivity contribution is 4.70. The fraction of sp³-hybridized carbons (Fsp3) is 1.00. The third-order valence-electron chi connectivity index (χ3n) is 1.82. The lowest BCUT2D eigenvalue weighted by atomic mass is 10.2. The summed E-state index contributed by atoms with van der Waals surface area (Å²) < 4.78 is 52.4. The van der Waals surface area contributed by atoms with Crippen molar-refractivity contribution < 1.29 is 27.4 Å². The lowest BCUT2D eigenvalue weighted by molar-refractivity contribution is -0.183. The molecule has 6 heteroatoms. The van der Waals surface area contributed by atoms with Crippen molar-refractivity contribution in [3.63, 3.8) is 0 Å². The molecule has 0 aliphatic rings. The minimum Gasteiger partial charge on any atom is -0.390 e. The Bertz CT molecular complexity index is 163. The number of aliphatic hydroxyl groups excluding tert-OH is 1. The van der Waals surface area contributed by atoms with Gasteiger partial charge in [-0.1, -0.05) is 6.92 Å². The maximum absolute atomic E-state index is 12.3. The van der Waals surface area contributed by atoms with Gasteiger partial charge in [0, 0.05) is 0 Å². The number of rotatable bonds is 6. The molecule has 0 amide bonds. The molecule has 0 aromatic heterocycles. The Morgan fingerprint density at radius 3 is 2.21 bits per heavy atom. The van der Waals surface area contributed by atoms with Crippen molar-refractivity contribution in [2.45, 2.75) is 44.8 Å². The van der Waals surface area contributed by atoms with E-state index in [1.165, 1.54) is 6.92 Å². The van der Waals surface area contributed by atoms with Crippen LogP contribution in [0.3, 0.4) is 0 Å². The van der Waals surface area contributed by atoms with Gasteiger partial charge in [-0.15, -0.1) is 0 Å². The number of ether oxygens (including phenoxy) is 1. The highest BCUT2D eigenvalue weighted by Crippen LogP contribution is 2.23. The quantitative estimate of drug-likeness (QED) is 0.691. The highest BCUT2D eigenvalue weighted by atomic mass is 19.3. The van der Waals surface area contributed by atoms with Crippen LogP contribution >= 0.6 is 0 Å². The molecule has 0 heterocycles. The summed E-state index contributed by atoms with van der Waals surface area (Å²) in [7, 11) is 0. The Hall–Kier alpha value is -0.360. The molecule has 0 saturated carbocycles. The summed E-state index contributed by atoms with van der Waals surface area (Å²) in [6.07, 6.45) is -5.21. The van der Waals surface area contributed by atoms with Crippen molar-refractivity contribution in [3.8, 4) is 0 Å². The molecule has 0 spiro atoms. The minimum absolute atomic E-state index is 0.321. The van der Waals surface area contributed by atoms with E-state index in [1.54, 1.807) is 6.92 Å². The average molecular weight is 218 g/mol. The van der Waals surface area contributed by atoms with Gasteiger partial charge in [-0.25, -0.2) is 8.78 Å². The Kier molecular flexibility index (Phi) is 5.36. The Morgan fingerprint density at radius 2 is 1.86 bits per heavy atom. The Morgan fingerprint density at radius 1 is 1.36 bits per heavy atom. The molecule has 0 fully saturated rings. The van der Waals surface area contributed by atoms with Crippen molar-refractivity contribution in [1.82, 2.24) is 0 Å². The summed E-state index contributed by atoms with van der Waals surface area (Å²) in [4.78, 5) is 0. The average Bonchev–Trinajstić information content (AvgIpc) is 2.12. The van der Waals surface area contributed by atoms with Crippen LogP contribution in [0.4, 0.5) is 17.6 Å². The van der Waals surface area contributed by atoms with Crippen molar-refractivity contribution in [2.24, 2.45) is 0 Å². The van der Waals surface area contributed by atoms with Gasteiger partial charge < -0.3 is 9.84 Å². The highest BCUT2D eigenvalue weighted by Gasteiger charge is 2.41. The van der Waals surface area contributed by atoms with Gasteiger partial charge in [0.1, 0.15) is 6.61 Å². The van der Waals surface area contributed by atoms with Crippen LogP contribution in [0.5, 0.6) is 0 Å². The zero-order valence-electron chi connectivity index (χ0n) is 8.01. The molecule has 0 aromatic rings. The van der Waals surface area contributed by atoms with E-state index < -0.39 is 31.2 Å². The zero-order chi connectivity index (χ0) is 11.4. The molecule has 2 nitrogen and oxygen atoms in total. The van der Waals surface area contributed by atoms with Crippen molar-refractivity contribution in [2.75, 3.05) is 6.61 Å². The maximum atomic E-state index is 12.3. The molecule has 0 saturated heterocycles. The normalized spacial score (nSPS) is 17.1. The summed E-state index contributed by atoms with van der Waals surface area (Å²) in [5, 5.41) is 9.10. The molecule has 1 N–H and O–H groups in total. The summed E-state index contributed by atoms with van der Waals surface area (Å²) >= 11 is 0. The van der Waals surface area contributed by atoms with E-state index in [9.17, 15) is 17.6 Å². The van der Waals surface area contributed by atoms with Gasteiger partial charge in [0.15, 0.2) is 0 Å². The summed E-state index contributed by atoms with van der Waals surface area (Å²) in [6, 6.07) is 0. The fourth-order valence-electron chi connectivity index (χ4n) is 0.749. The van der Waals surface area contributed by atoms with E-state index in [0.717, 1.165) is 0 Å². The molecule has 86 valence electrons. The third-order valence-corrected chi connectivity index (χ3v) is 1.82. The van der Waals surface area contributed by atoms with Crippen molar-refractivity contribution in [3.05, 3.63) is 0 Å². The van der Waals surface area contributed by atoms with Crippen LogP contribution in [0, 0.1) is 0 Å². The van der Waals surface area contributed by atoms with E-state index in [2.05, 4.69) is 4.74 Å². The first kappa shape index (κ1) is 13.6. The van der Waals surface area contributed by atoms with E-state index in [0.29, 0.717) is 6.42 Å². The molecule has 0 aliphatic carbocycles. The Labute approximate surface area is 79.9 Å². The first-order chi connectivity index (χ1) is 6.31. The van der Waals surface area contributed by atoms with Crippen molar-refractivity contribution >= 4 is 0 Å². The predicted octanol–water partition coefficient (Wildman–Crippen LogP) is 2.06. The molecular weight excluding hydrogens is 204 g/mol. The van der Waals surface area contributed by atoms with Gasteiger partial charge in [-0.3, -0.25) is 0 Å². The second kappa shape index (κ2) is 5.50. The monoisotopic (exact) mass is 218 g/mol. The fourth-order valence-corrected chi connectivity index (χ4v) is 0.749. The zero-order valence-corrected chi connectivity index (χ0v) is 8.01. The van der Waals surface area contributed by atoms with E-state index in [-0.39, 0.29) is 0 Å². The van der Waals surface area contributed by atoms with Gasteiger partial charge >= 0.3 is 12.3 Å². The molecule has 0 radical (unpaired) electrons. The minimum atomic E-state index is -4.15. The van der Waals surface area contributed by atoms with Gasteiger partial charge in [0.25, 0.3) is 0 Å². The standard InChI is InChI=1S/C8H14F4O2/c1-3-6(13)5(2)14-4-8(11,12)7(9)10/h5-7,13H,3-4H2,1-2H3. The summed E-state index contributed by atoms with van der Waals surface area (Å²) in [6.45, 7) is 1.62. The first-order valence-electron chi connectivity index (χ1n) is 4.27. The molecule has 0 aromatic carbocycles. The predicted molar refractivity (Wildman–Crippen MR) is 42.7 cm³/mol. The van der Waals surface area contributed by atoms with Gasteiger partial charge in [0.05, 0.1) is 12.2 Å². The van der Waals surface area contributed by atoms with Crippen LogP contribution in [-0.4, -0.2) is 36.3 Å². The molecule has 14 heavy (non-hydrogen) atoms. The van der Waals surface area contributed by atoms with Gasteiger partial charge in [-0.2, -0.15) is 8.78 Å². The van der Waals surface area contributed by atoms with E-state index in [1.807, 2.05) is 0 Å². The number of hydrogen-bond acceptors (Lipinski definition) is 2. The smallest absolute Gasteiger partial charge is 0.330 e. The number of halogens is 4. The third kappa shape index (κ3) is 4.23. The van der Waals surface area contributed by atoms with Gasteiger partial charge in [0.2, 0.25) is 0 Å². The van der Waals surface area contributed by atoms with Crippen LogP contribution in [0.2, 0.25) is 0 Å². The second-order valence-electron chi connectivity index (χ2n) is 3.05. The van der Waals surface area contributed by atoms with Crippen LogP contribution in [0.15, 0.2) is 0 Å². The lowest BCUT2D eigenvalue weighted by Crippen LogP contribution is -2.36. The maximum Gasteiger partial charge on any atom is 0.330 e. The van der Waals surface area contributed by atoms with Crippen LogP contribution in [0.25, 0.3) is 0 Å². The lowest BCUT2D eigenvalue weighted by Gasteiger charge is -2.21. The molecule has 0 aliphatic heterocycles. The van der Waals surface area contributed by atoms with E-state index >= 15 is 0 Å². The van der Waals surface area contributed by atoms with Crippen LogP contribution in [-0.2, 0) is 4.74 Å². The molecule has 0 rings (SSSR count). The SMILES string of the molecule is CCC(O)C(C)OCC(F)(F)C(F)F. The van der Waals surface area contributed by atoms with Crippen LogP contribution in [0.1, 0.15) is 20.3 Å². The van der Waals surface area contributed by atoms with E-state index in [4.69, 9.17) is 5.11 Å². The van der Waals surface area contributed by atoms with Crippen LogP contribution < -0.4 is 0 Å². The van der Waals surface area contributed by atoms with Crippen molar-refractivity contribution in [1.29, 1.82) is 0 Å². The molecular formula is C8H14F4O2.